The Kier molecular flexibility index (Phi) is 4.38. The van der Waals surface area contributed by atoms with Gasteiger partial charge in [-0.05, 0) is 55.0 Å². The van der Waals surface area contributed by atoms with E-state index in [1.807, 2.05) is 54.6 Å². The molecular formula is C20H18O4. The first-order valence-electron chi connectivity index (χ1n) is 7.56. The van der Waals surface area contributed by atoms with Gasteiger partial charge in [-0.3, -0.25) is 0 Å². The van der Waals surface area contributed by atoms with Crippen LogP contribution in [0.3, 0.4) is 0 Å². The Morgan fingerprint density at radius 3 is 1.79 bits per heavy atom. The molecule has 0 aliphatic rings. The average Bonchev–Trinajstić information content (AvgIpc) is 2.64. The maximum atomic E-state index is 12.0. The third-order valence-corrected chi connectivity index (χ3v) is 3.88. The van der Waals surface area contributed by atoms with Crippen molar-refractivity contribution in [2.24, 2.45) is 0 Å². The molecule has 24 heavy (non-hydrogen) atoms. The van der Waals surface area contributed by atoms with E-state index in [-0.39, 0.29) is 5.63 Å². The van der Waals surface area contributed by atoms with Crippen molar-refractivity contribution in [2.45, 2.75) is 6.92 Å². The molecule has 0 radical (unpaired) electrons. The first-order valence-corrected chi connectivity index (χ1v) is 7.56. The van der Waals surface area contributed by atoms with Crippen LogP contribution >= 0.6 is 0 Å². The molecule has 0 saturated heterocycles. The molecule has 0 saturated carbocycles. The number of benzene rings is 2. The normalized spacial score (nSPS) is 10.5. The van der Waals surface area contributed by atoms with E-state index in [1.165, 1.54) is 0 Å². The summed E-state index contributed by atoms with van der Waals surface area (Å²) >= 11 is 0. The van der Waals surface area contributed by atoms with Crippen LogP contribution in [0.4, 0.5) is 0 Å². The fraction of sp³-hybridized carbons (Fsp3) is 0.150. The zero-order valence-electron chi connectivity index (χ0n) is 13.8. The molecule has 0 bridgehead atoms. The first-order chi connectivity index (χ1) is 11.6. The SMILES string of the molecule is COc1ccc(-c2cc(C)c(=O)oc2-c2ccc(OC)cc2)cc1. The van der Waals surface area contributed by atoms with Crippen LogP contribution in [-0.2, 0) is 0 Å². The van der Waals surface area contributed by atoms with Crippen LogP contribution in [0.25, 0.3) is 22.5 Å². The molecule has 1 aromatic heterocycles. The Hall–Kier alpha value is -3.01. The second kappa shape index (κ2) is 6.62. The molecule has 0 fully saturated rings. The van der Waals surface area contributed by atoms with Gasteiger partial charge in [0, 0.05) is 16.7 Å². The summed E-state index contributed by atoms with van der Waals surface area (Å²) < 4.78 is 16.0. The molecule has 0 aliphatic carbocycles. The van der Waals surface area contributed by atoms with Crippen LogP contribution < -0.4 is 15.1 Å². The summed E-state index contributed by atoms with van der Waals surface area (Å²) in [6.45, 7) is 1.75. The Morgan fingerprint density at radius 1 is 0.792 bits per heavy atom. The maximum absolute atomic E-state index is 12.0. The maximum Gasteiger partial charge on any atom is 0.339 e. The van der Waals surface area contributed by atoms with Crippen molar-refractivity contribution < 1.29 is 13.9 Å². The van der Waals surface area contributed by atoms with Crippen molar-refractivity contribution in [2.75, 3.05) is 14.2 Å². The van der Waals surface area contributed by atoms with Crippen molar-refractivity contribution in [1.82, 2.24) is 0 Å². The highest BCUT2D eigenvalue weighted by atomic mass is 16.5. The number of aryl methyl sites for hydroxylation is 1. The highest BCUT2D eigenvalue weighted by molar-refractivity contribution is 5.80. The molecule has 0 atom stereocenters. The predicted octanol–water partition coefficient (Wildman–Crippen LogP) is 4.30. The third-order valence-electron chi connectivity index (χ3n) is 3.88. The van der Waals surface area contributed by atoms with Crippen LogP contribution in [0.1, 0.15) is 5.56 Å². The van der Waals surface area contributed by atoms with Gasteiger partial charge in [-0.25, -0.2) is 4.79 Å². The largest absolute Gasteiger partial charge is 0.497 e. The number of methoxy groups -OCH3 is 2. The smallest absolute Gasteiger partial charge is 0.339 e. The lowest BCUT2D eigenvalue weighted by atomic mass is 9.99. The highest BCUT2D eigenvalue weighted by Gasteiger charge is 2.13. The van der Waals surface area contributed by atoms with Crippen LogP contribution in [-0.4, -0.2) is 14.2 Å². The summed E-state index contributed by atoms with van der Waals surface area (Å²) in [6, 6.07) is 16.9. The minimum Gasteiger partial charge on any atom is -0.497 e. The monoisotopic (exact) mass is 322 g/mol. The molecule has 4 heteroatoms. The summed E-state index contributed by atoms with van der Waals surface area (Å²) in [5.74, 6) is 2.07. The fourth-order valence-corrected chi connectivity index (χ4v) is 2.51. The van der Waals surface area contributed by atoms with Crippen molar-refractivity contribution >= 4 is 0 Å². The zero-order chi connectivity index (χ0) is 17.1. The number of ether oxygens (including phenoxy) is 2. The van der Waals surface area contributed by atoms with Crippen LogP contribution in [0, 0.1) is 6.92 Å². The summed E-state index contributed by atoms with van der Waals surface area (Å²) in [5.41, 5.74) is 2.86. The molecule has 4 nitrogen and oxygen atoms in total. The predicted molar refractivity (Wildman–Crippen MR) is 93.7 cm³/mol. The molecular weight excluding hydrogens is 304 g/mol. The second-order valence-electron chi connectivity index (χ2n) is 5.42. The fourth-order valence-electron chi connectivity index (χ4n) is 2.51. The molecule has 0 unspecified atom stereocenters. The van der Waals surface area contributed by atoms with Gasteiger partial charge >= 0.3 is 5.63 Å². The van der Waals surface area contributed by atoms with E-state index < -0.39 is 0 Å². The minimum absolute atomic E-state index is 0.335. The third kappa shape index (κ3) is 3.04. The van der Waals surface area contributed by atoms with Crippen molar-refractivity contribution in [3.63, 3.8) is 0 Å². The Morgan fingerprint density at radius 2 is 1.29 bits per heavy atom. The summed E-state index contributed by atoms with van der Waals surface area (Å²) in [4.78, 5) is 12.0. The summed E-state index contributed by atoms with van der Waals surface area (Å²) in [5, 5.41) is 0. The van der Waals surface area contributed by atoms with Gasteiger partial charge in [0.15, 0.2) is 0 Å². The quantitative estimate of drug-likeness (QED) is 0.718. The Labute approximate surface area is 140 Å². The van der Waals surface area contributed by atoms with Gasteiger partial charge in [-0.15, -0.1) is 0 Å². The van der Waals surface area contributed by atoms with E-state index in [4.69, 9.17) is 13.9 Å². The molecule has 0 N–H and O–H groups in total. The lowest BCUT2D eigenvalue weighted by Crippen LogP contribution is -2.04. The standard InChI is InChI=1S/C20H18O4/c1-13-12-18(14-4-8-16(22-2)9-5-14)19(24-20(13)21)15-6-10-17(23-3)11-7-15/h4-12H,1-3H3. The van der Waals surface area contributed by atoms with Gasteiger partial charge in [0.2, 0.25) is 0 Å². The second-order valence-corrected chi connectivity index (χ2v) is 5.42. The summed E-state index contributed by atoms with van der Waals surface area (Å²) in [7, 11) is 3.24. The lowest BCUT2D eigenvalue weighted by molar-refractivity contribution is 0.414. The molecule has 2 aromatic carbocycles. The molecule has 0 aliphatic heterocycles. The van der Waals surface area contributed by atoms with E-state index >= 15 is 0 Å². The average molecular weight is 322 g/mol. The van der Waals surface area contributed by atoms with Crippen molar-refractivity contribution in [1.29, 1.82) is 0 Å². The van der Waals surface area contributed by atoms with Gasteiger partial charge < -0.3 is 13.9 Å². The highest BCUT2D eigenvalue weighted by Crippen LogP contribution is 2.33. The van der Waals surface area contributed by atoms with Gasteiger partial charge in [0.05, 0.1) is 14.2 Å². The molecule has 122 valence electrons. The minimum atomic E-state index is -0.335. The number of hydrogen-bond donors (Lipinski definition) is 0. The first kappa shape index (κ1) is 15.9. The van der Waals surface area contributed by atoms with E-state index in [0.717, 1.165) is 28.2 Å². The molecule has 3 aromatic rings. The number of rotatable bonds is 4. The Bertz CT molecular complexity index is 890. The van der Waals surface area contributed by atoms with Gasteiger partial charge in [-0.2, -0.15) is 0 Å². The topological polar surface area (TPSA) is 48.7 Å². The van der Waals surface area contributed by atoms with Crippen molar-refractivity contribution in [3.8, 4) is 33.9 Å². The van der Waals surface area contributed by atoms with Crippen LogP contribution in [0.5, 0.6) is 11.5 Å². The molecule has 1 heterocycles. The Balaban J connectivity index is 2.16. The van der Waals surface area contributed by atoms with Gasteiger partial charge in [-0.1, -0.05) is 12.1 Å². The molecule has 0 spiro atoms. The van der Waals surface area contributed by atoms with Crippen molar-refractivity contribution in [3.05, 3.63) is 70.6 Å². The van der Waals surface area contributed by atoms with Crippen LogP contribution in [0.15, 0.2) is 63.8 Å². The van der Waals surface area contributed by atoms with E-state index in [9.17, 15) is 4.79 Å². The van der Waals surface area contributed by atoms with Gasteiger partial charge in [0.1, 0.15) is 17.3 Å². The molecule has 3 rings (SSSR count). The van der Waals surface area contributed by atoms with Crippen LogP contribution in [0.2, 0.25) is 0 Å². The van der Waals surface area contributed by atoms with E-state index in [2.05, 4.69) is 0 Å². The van der Waals surface area contributed by atoms with E-state index in [1.54, 1.807) is 21.1 Å². The summed E-state index contributed by atoms with van der Waals surface area (Å²) in [6.07, 6.45) is 0. The van der Waals surface area contributed by atoms with Gasteiger partial charge in [0.25, 0.3) is 0 Å². The molecule has 0 amide bonds. The number of hydrogen-bond acceptors (Lipinski definition) is 4. The lowest BCUT2D eigenvalue weighted by Gasteiger charge is -2.10. The van der Waals surface area contributed by atoms with E-state index in [0.29, 0.717) is 11.3 Å². The zero-order valence-corrected chi connectivity index (χ0v) is 13.8.